The van der Waals surface area contributed by atoms with Gasteiger partial charge < -0.3 is 9.30 Å². The summed E-state index contributed by atoms with van der Waals surface area (Å²) in [7, 11) is -1.34. The predicted octanol–water partition coefficient (Wildman–Crippen LogP) is 1.56. The van der Waals surface area contributed by atoms with E-state index >= 15 is 0 Å². The van der Waals surface area contributed by atoms with E-state index in [4.69, 9.17) is 4.74 Å². The fourth-order valence-electron chi connectivity index (χ4n) is 3.31. The summed E-state index contributed by atoms with van der Waals surface area (Å²) in [6.07, 6.45) is 2.51. The van der Waals surface area contributed by atoms with Crippen molar-refractivity contribution in [2.45, 2.75) is 12.5 Å². The number of aromatic nitrogens is 1. The van der Waals surface area contributed by atoms with Gasteiger partial charge in [0, 0.05) is 38.6 Å². The van der Waals surface area contributed by atoms with Crippen LogP contribution < -0.4 is 4.72 Å². The second-order valence-corrected chi connectivity index (χ2v) is 8.54. The van der Waals surface area contributed by atoms with E-state index in [1.54, 1.807) is 0 Å². The lowest BCUT2D eigenvalue weighted by Gasteiger charge is -2.34. The van der Waals surface area contributed by atoms with E-state index in [0.717, 1.165) is 24.3 Å². The first-order chi connectivity index (χ1) is 12.6. The van der Waals surface area contributed by atoms with Gasteiger partial charge in [0.1, 0.15) is 0 Å². The number of ether oxygens (including phenoxy) is 1. The number of aryl methyl sites for hydroxylation is 2. The Morgan fingerprint density at radius 1 is 1.12 bits per heavy atom. The molecule has 0 radical (unpaired) electrons. The van der Waals surface area contributed by atoms with Gasteiger partial charge in [0.05, 0.1) is 25.0 Å². The van der Waals surface area contributed by atoms with Crippen molar-refractivity contribution in [1.29, 1.82) is 0 Å². The lowest BCUT2D eigenvalue weighted by Crippen LogP contribution is -2.44. The monoisotopic (exact) mass is 377 g/mol. The smallest absolute Gasteiger partial charge is 0.211 e. The van der Waals surface area contributed by atoms with Crippen LogP contribution in [0.1, 0.15) is 17.3 Å². The number of benzene rings is 1. The van der Waals surface area contributed by atoms with Gasteiger partial charge in [-0.1, -0.05) is 30.3 Å². The summed E-state index contributed by atoms with van der Waals surface area (Å²) in [5.41, 5.74) is 2.14. The second-order valence-electron chi connectivity index (χ2n) is 6.61. The fourth-order valence-corrected chi connectivity index (χ4v) is 4.37. The molecule has 3 rings (SSSR count). The summed E-state index contributed by atoms with van der Waals surface area (Å²) >= 11 is 0. The largest absolute Gasteiger partial charge is 0.379 e. The Morgan fingerprint density at radius 3 is 2.50 bits per heavy atom. The number of hydrogen-bond acceptors (Lipinski definition) is 4. The van der Waals surface area contributed by atoms with Gasteiger partial charge in [-0.05, 0) is 24.1 Å². The molecular formula is C19H27N3O3S. The molecule has 0 aliphatic carbocycles. The molecular weight excluding hydrogens is 350 g/mol. The summed E-state index contributed by atoms with van der Waals surface area (Å²) in [5, 5.41) is 0. The van der Waals surface area contributed by atoms with Crippen LogP contribution in [-0.2, 0) is 28.2 Å². The molecule has 1 aliphatic heterocycles. The predicted molar refractivity (Wildman–Crippen MR) is 102 cm³/mol. The molecule has 1 fully saturated rings. The Balaban J connectivity index is 1.63. The van der Waals surface area contributed by atoms with Gasteiger partial charge in [0.15, 0.2) is 0 Å². The van der Waals surface area contributed by atoms with Gasteiger partial charge in [-0.15, -0.1) is 0 Å². The Morgan fingerprint density at radius 2 is 1.85 bits per heavy atom. The second kappa shape index (κ2) is 8.81. The van der Waals surface area contributed by atoms with Crippen LogP contribution in [0.4, 0.5) is 0 Å². The van der Waals surface area contributed by atoms with Gasteiger partial charge in [-0.2, -0.15) is 0 Å². The van der Waals surface area contributed by atoms with E-state index in [0.29, 0.717) is 26.2 Å². The molecule has 0 amide bonds. The maximum atomic E-state index is 12.5. The van der Waals surface area contributed by atoms with Crippen LogP contribution in [0.15, 0.2) is 48.7 Å². The van der Waals surface area contributed by atoms with Crippen molar-refractivity contribution in [3.63, 3.8) is 0 Å². The molecule has 142 valence electrons. The van der Waals surface area contributed by atoms with Crippen LogP contribution in [0.25, 0.3) is 0 Å². The molecule has 6 nitrogen and oxygen atoms in total. The van der Waals surface area contributed by atoms with E-state index < -0.39 is 10.0 Å². The van der Waals surface area contributed by atoms with E-state index in [-0.39, 0.29) is 11.8 Å². The molecule has 1 atom stereocenters. The quantitative estimate of drug-likeness (QED) is 0.758. The summed E-state index contributed by atoms with van der Waals surface area (Å²) in [4.78, 5) is 2.29. The Labute approximate surface area is 155 Å². The third-order valence-electron chi connectivity index (χ3n) is 4.81. The molecule has 0 saturated carbocycles. The Kier molecular flexibility index (Phi) is 6.48. The number of nitrogens with zero attached hydrogens (tertiary/aromatic N) is 2. The van der Waals surface area contributed by atoms with Crippen molar-refractivity contribution in [3.05, 3.63) is 59.9 Å². The number of hydrogen-bond donors (Lipinski definition) is 1. The molecule has 1 saturated heterocycles. The van der Waals surface area contributed by atoms with E-state index in [9.17, 15) is 8.42 Å². The Hall–Kier alpha value is -1.67. The summed E-state index contributed by atoms with van der Waals surface area (Å²) in [6.45, 7) is 3.35. The topological polar surface area (TPSA) is 63.6 Å². The number of nitrogens with one attached hydrogen (secondary N) is 1. The average Bonchev–Trinajstić information content (AvgIpc) is 3.08. The highest BCUT2D eigenvalue weighted by molar-refractivity contribution is 7.89. The van der Waals surface area contributed by atoms with Crippen molar-refractivity contribution < 1.29 is 13.2 Å². The van der Waals surface area contributed by atoms with Gasteiger partial charge in [-0.3, -0.25) is 4.90 Å². The highest BCUT2D eigenvalue weighted by atomic mass is 32.2. The van der Waals surface area contributed by atoms with Crippen molar-refractivity contribution in [1.82, 2.24) is 14.2 Å². The zero-order valence-corrected chi connectivity index (χ0v) is 16.0. The van der Waals surface area contributed by atoms with E-state index in [2.05, 4.69) is 20.3 Å². The first-order valence-corrected chi connectivity index (χ1v) is 10.6. The first kappa shape index (κ1) is 19.1. The molecule has 2 heterocycles. The highest BCUT2D eigenvalue weighted by Gasteiger charge is 2.25. The van der Waals surface area contributed by atoms with Crippen LogP contribution in [0.5, 0.6) is 0 Å². The highest BCUT2D eigenvalue weighted by Crippen LogP contribution is 2.21. The van der Waals surface area contributed by atoms with Crippen LogP contribution in [0.2, 0.25) is 0 Å². The molecule has 1 aliphatic rings. The number of sulfonamides is 1. The van der Waals surface area contributed by atoms with E-state index in [1.165, 1.54) is 0 Å². The minimum Gasteiger partial charge on any atom is -0.379 e. The molecule has 26 heavy (non-hydrogen) atoms. The van der Waals surface area contributed by atoms with E-state index in [1.807, 2.05) is 49.6 Å². The standard InChI is InChI=1S/C19H27N3O3S/c1-21-10-5-8-18(21)19(22-11-13-25-14-12-22)16-20-26(23,24)15-9-17-6-3-2-4-7-17/h2-8,10,19-20H,9,11-16H2,1H3/t19-/m0/s1. The van der Waals surface area contributed by atoms with Crippen molar-refractivity contribution in [2.75, 3.05) is 38.6 Å². The lowest BCUT2D eigenvalue weighted by atomic mass is 10.1. The molecule has 1 aromatic heterocycles. The molecule has 7 heteroatoms. The zero-order chi connectivity index (χ0) is 18.4. The van der Waals surface area contributed by atoms with Crippen molar-refractivity contribution >= 4 is 10.0 Å². The van der Waals surface area contributed by atoms with Crippen LogP contribution >= 0.6 is 0 Å². The van der Waals surface area contributed by atoms with Gasteiger partial charge in [-0.25, -0.2) is 13.1 Å². The van der Waals surface area contributed by atoms with Crippen LogP contribution in [-0.4, -0.2) is 56.5 Å². The molecule has 1 N–H and O–H groups in total. The number of morpholine rings is 1. The summed E-state index contributed by atoms with van der Waals surface area (Å²) in [5.74, 6) is 0.0972. The van der Waals surface area contributed by atoms with Gasteiger partial charge >= 0.3 is 0 Å². The SMILES string of the molecule is Cn1cccc1[C@H](CNS(=O)(=O)CCc1ccccc1)N1CCOCC1. The van der Waals surface area contributed by atoms with Crippen LogP contribution in [0, 0.1) is 0 Å². The summed E-state index contributed by atoms with van der Waals surface area (Å²) < 4.78 is 35.3. The average molecular weight is 378 g/mol. The van der Waals surface area contributed by atoms with Crippen molar-refractivity contribution in [3.8, 4) is 0 Å². The minimum atomic E-state index is -3.33. The maximum absolute atomic E-state index is 12.5. The normalized spacial score (nSPS) is 17.3. The van der Waals surface area contributed by atoms with Crippen LogP contribution in [0.3, 0.4) is 0 Å². The molecule has 0 bridgehead atoms. The minimum absolute atomic E-state index is 0.00500. The fraction of sp³-hybridized carbons (Fsp3) is 0.474. The molecule has 0 unspecified atom stereocenters. The Bertz CT molecular complexity index is 783. The van der Waals surface area contributed by atoms with Gasteiger partial charge in [0.25, 0.3) is 0 Å². The molecule has 2 aromatic rings. The third-order valence-corrected chi connectivity index (χ3v) is 6.16. The molecule has 0 spiro atoms. The number of rotatable bonds is 8. The third kappa shape index (κ3) is 5.17. The molecule has 1 aromatic carbocycles. The van der Waals surface area contributed by atoms with Crippen molar-refractivity contribution in [2.24, 2.45) is 7.05 Å². The zero-order valence-electron chi connectivity index (χ0n) is 15.2. The first-order valence-electron chi connectivity index (χ1n) is 8.99. The van der Waals surface area contributed by atoms with Gasteiger partial charge in [0.2, 0.25) is 10.0 Å². The maximum Gasteiger partial charge on any atom is 0.211 e. The summed E-state index contributed by atoms with van der Waals surface area (Å²) in [6, 6.07) is 13.8. The lowest BCUT2D eigenvalue weighted by molar-refractivity contribution is 0.0158.